The fourth-order valence-electron chi connectivity index (χ4n) is 3.95. The number of rotatable bonds is 8. The first-order valence-corrected chi connectivity index (χ1v) is 11.1. The summed E-state index contributed by atoms with van der Waals surface area (Å²) in [6.45, 7) is 2.50. The van der Waals surface area contributed by atoms with E-state index < -0.39 is 0 Å². The molecule has 4 heterocycles. The maximum Gasteiger partial charge on any atom is 0.335 e. The van der Waals surface area contributed by atoms with E-state index in [1.165, 1.54) is 6.33 Å². The van der Waals surface area contributed by atoms with Crippen molar-refractivity contribution in [3.05, 3.63) is 77.0 Å². The van der Waals surface area contributed by atoms with Crippen LogP contribution in [0, 0.1) is 0 Å². The number of hydrogen-bond acceptors (Lipinski definition) is 7. The Morgan fingerprint density at radius 2 is 1.91 bits per heavy atom. The van der Waals surface area contributed by atoms with Crippen LogP contribution in [0.4, 0.5) is 0 Å². The van der Waals surface area contributed by atoms with E-state index in [1.54, 1.807) is 20.9 Å². The third-order valence-electron chi connectivity index (χ3n) is 5.72. The Hall–Kier alpha value is -4.41. The Balaban J connectivity index is 1.47. The van der Waals surface area contributed by atoms with Crippen LogP contribution < -0.4 is 5.69 Å². The second kappa shape index (κ2) is 9.22. The van der Waals surface area contributed by atoms with Crippen molar-refractivity contribution in [2.24, 2.45) is 7.05 Å². The lowest BCUT2D eigenvalue weighted by Crippen LogP contribution is -2.26. The van der Waals surface area contributed by atoms with Crippen molar-refractivity contribution >= 4 is 0 Å². The van der Waals surface area contributed by atoms with Gasteiger partial charge in [-0.1, -0.05) is 43.7 Å². The Kier molecular flexibility index (Phi) is 5.81. The Morgan fingerprint density at radius 3 is 2.59 bits per heavy atom. The molecule has 0 spiro atoms. The summed E-state index contributed by atoms with van der Waals surface area (Å²) >= 11 is 0. The molecule has 5 aromatic rings. The van der Waals surface area contributed by atoms with Gasteiger partial charge in [-0.05, 0) is 29.7 Å². The molecule has 0 fully saturated rings. The van der Waals surface area contributed by atoms with Gasteiger partial charge in [-0.25, -0.2) is 14.0 Å². The number of pyridine rings is 1. The largest absolute Gasteiger partial charge is 0.335 e. The molecule has 0 aliphatic carbocycles. The molecule has 1 aromatic carbocycles. The van der Waals surface area contributed by atoms with Gasteiger partial charge in [0.15, 0.2) is 0 Å². The topological polar surface area (TPSA) is 125 Å². The highest BCUT2D eigenvalue weighted by Crippen LogP contribution is 2.29. The monoisotopic (exact) mass is 456 g/mol. The molecular formula is C23H24N10O. The first-order chi connectivity index (χ1) is 16.7. The third-order valence-corrected chi connectivity index (χ3v) is 5.72. The summed E-state index contributed by atoms with van der Waals surface area (Å²) in [5, 5.41) is 18.4. The number of imidazole rings is 1. The molecule has 0 saturated carbocycles. The molecule has 5 rings (SSSR count). The van der Waals surface area contributed by atoms with Crippen LogP contribution >= 0.6 is 0 Å². The molecule has 0 amide bonds. The molecule has 1 N–H and O–H groups in total. The van der Waals surface area contributed by atoms with Crippen molar-refractivity contribution in [1.82, 2.24) is 49.5 Å². The van der Waals surface area contributed by atoms with Crippen LogP contribution in [0.5, 0.6) is 0 Å². The minimum atomic E-state index is -0.157. The molecule has 0 unspecified atom stereocenters. The summed E-state index contributed by atoms with van der Waals surface area (Å²) in [7, 11) is 1.77. The number of nitrogens with zero attached hydrogens (tertiary/aromatic N) is 9. The van der Waals surface area contributed by atoms with Crippen molar-refractivity contribution in [1.29, 1.82) is 0 Å². The van der Waals surface area contributed by atoms with Gasteiger partial charge in [0.05, 0.1) is 12.2 Å². The summed E-state index contributed by atoms with van der Waals surface area (Å²) in [6.07, 6.45) is 7.93. The lowest BCUT2D eigenvalue weighted by atomic mass is 10.0. The van der Waals surface area contributed by atoms with Gasteiger partial charge in [0, 0.05) is 36.3 Å². The molecule has 0 radical (unpaired) electrons. The van der Waals surface area contributed by atoms with E-state index >= 15 is 0 Å². The van der Waals surface area contributed by atoms with Crippen LogP contribution in [-0.2, 0) is 20.0 Å². The van der Waals surface area contributed by atoms with Gasteiger partial charge in [-0.2, -0.15) is 15.3 Å². The number of unbranched alkanes of at least 4 members (excludes halogenated alkanes) is 1. The van der Waals surface area contributed by atoms with E-state index in [0.717, 1.165) is 47.3 Å². The smallest absolute Gasteiger partial charge is 0.290 e. The minimum Gasteiger partial charge on any atom is -0.290 e. The quantitative estimate of drug-likeness (QED) is 0.380. The highest BCUT2D eigenvalue weighted by Gasteiger charge is 2.17. The van der Waals surface area contributed by atoms with Crippen LogP contribution in [0.2, 0.25) is 0 Å². The van der Waals surface area contributed by atoms with Crippen molar-refractivity contribution in [3.63, 3.8) is 0 Å². The Bertz CT molecular complexity index is 1440. The average Bonchev–Trinajstić information content (AvgIpc) is 3.61. The molecule has 172 valence electrons. The number of aryl methyl sites for hydroxylation is 2. The Morgan fingerprint density at radius 1 is 1.06 bits per heavy atom. The maximum atomic E-state index is 13.3. The first-order valence-electron chi connectivity index (χ1n) is 11.1. The third kappa shape index (κ3) is 4.03. The molecule has 0 saturated heterocycles. The van der Waals surface area contributed by atoms with Gasteiger partial charge in [-0.3, -0.25) is 9.55 Å². The van der Waals surface area contributed by atoms with E-state index in [9.17, 15) is 4.79 Å². The van der Waals surface area contributed by atoms with Crippen molar-refractivity contribution < 1.29 is 0 Å². The highest BCUT2D eigenvalue weighted by atomic mass is 16.2. The predicted molar refractivity (Wildman–Crippen MR) is 125 cm³/mol. The van der Waals surface area contributed by atoms with E-state index in [4.69, 9.17) is 0 Å². The summed E-state index contributed by atoms with van der Waals surface area (Å²) in [4.78, 5) is 22.2. The standard InChI is InChI=1S/C23H24N10O/c1-3-4-7-18-14-33(22-25-15-26-31(22)2)23(34)32(18)13-17-11-10-16(12-24-17)19-8-5-6-9-20(19)21-27-29-30-28-21/h5-6,8-12,14-15H,3-4,7,13H2,1-2H3,(H,27,28,29,30). The molecule has 0 aliphatic rings. The summed E-state index contributed by atoms with van der Waals surface area (Å²) < 4.78 is 4.90. The summed E-state index contributed by atoms with van der Waals surface area (Å²) in [5.74, 6) is 1.01. The molecule has 0 bridgehead atoms. The lowest BCUT2D eigenvalue weighted by Gasteiger charge is -2.09. The average molecular weight is 457 g/mol. The molecule has 11 nitrogen and oxygen atoms in total. The number of benzene rings is 1. The van der Waals surface area contributed by atoms with Gasteiger partial charge in [-0.15, -0.1) is 10.2 Å². The number of H-pyrrole nitrogens is 1. The van der Waals surface area contributed by atoms with Crippen molar-refractivity contribution in [3.8, 4) is 28.5 Å². The molecular weight excluding hydrogens is 432 g/mol. The van der Waals surface area contributed by atoms with Gasteiger partial charge in [0.2, 0.25) is 11.8 Å². The zero-order valence-electron chi connectivity index (χ0n) is 19.0. The predicted octanol–water partition coefficient (Wildman–Crippen LogP) is 2.40. The van der Waals surface area contributed by atoms with Crippen LogP contribution in [0.15, 0.2) is 59.9 Å². The maximum absolute atomic E-state index is 13.3. The number of aromatic amines is 1. The van der Waals surface area contributed by atoms with Crippen LogP contribution in [0.25, 0.3) is 28.5 Å². The van der Waals surface area contributed by atoms with Crippen LogP contribution in [0.3, 0.4) is 0 Å². The Labute approximate surface area is 195 Å². The molecule has 34 heavy (non-hydrogen) atoms. The van der Waals surface area contributed by atoms with E-state index in [1.807, 2.05) is 48.8 Å². The molecule has 0 atom stereocenters. The number of aromatic nitrogens is 10. The summed E-state index contributed by atoms with van der Waals surface area (Å²) in [5.41, 5.74) is 4.33. The van der Waals surface area contributed by atoms with Crippen molar-refractivity contribution in [2.45, 2.75) is 32.7 Å². The normalized spacial score (nSPS) is 11.2. The van der Waals surface area contributed by atoms with Crippen LogP contribution in [-0.4, -0.2) is 49.5 Å². The van der Waals surface area contributed by atoms with Crippen molar-refractivity contribution in [2.75, 3.05) is 0 Å². The van der Waals surface area contributed by atoms with Gasteiger partial charge in [0.1, 0.15) is 6.33 Å². The number of nitrogens with one attached hydrogen (secondary N) is 1. The molecule has 11 heteroatoms. The van der Waals surface area contributed by atoms with E-state index in [0.29, 0.717) is 18.3 Å². The summed E-state index contributed by atoms with van der Waals surface area (Å²) in [6, 6.07) is 11.8. The number of hydrogen-bond donors (Lipinski definition) is 1. The zero-order valence-corrected chi connectivity index (χ0v) is 19.0. The SMILES string of the molecule is CCCCc1cn(-c2ncnn2C)c(=O)n1Cc1ccc(-c2ccccc2-c2nn[nH]n2)cn1. The highest BCUT2D eigenvalue weighted by molar-refractivity contribution is 5.79. The van der Waals surface area contributed by atoms with Crippen LogP contribution in [0.1, 0.15) is 31.2 Å². The molecule has 0 aliphatic heterocycles. The fourth-order valence-corrected chi connectivity index (χ4v) is 3.95. The molecule has 4 aromatic heterocycles. The van der Waals surface area contributed by atoms with Gasteiger partial charge >= 0.3 is 5.69 Å². The second-order valence-electron chi connectivity index (χ2n) is 7.97. The lowest BCUT2D eigenvalue weighted by molar-refractivity contribution is 0.654. The number of tetrazole rings is 1. The minimum absolute atomic E-state index is 0.157. The van der Waals surface area contributed by atoms with E-state index in [2.05, 4.69) is 42.6 Å². The fraction of sp³-hybridized carbons (Fsp3) is 0.261. The van der Waals surface area contributed by atoms with Gasteiger partial charge < -0.3 is 0 Å². The zero-order chi connectivity index (χ0) is 23.5. The first kappa shape index (κ1) is 21.4. The second-order valence-corrected chi connectivity index (χ2v) is 7.97. The van der Waals surface area contributed by atoms with Gasteiger partial charge in [0.25, 0.3) is 0 Å². The van der Waals surface area contributed by atoms with E-state index in [-0.39, 0.29) is 5.69 Å².